The van der Waals surface area contributed by atoms with E-state index in [9.17, 15) is 9.59 Å². The Morgan fingerprint density at radius 1 is 1.26 bits per heavy atom. The van der Waals surface area contributed by atoms with Crippen LogP contribution in [0.4, 0.5) is 5.82 Å². The van der Waals surface area contributed by atoms with Gasteiger partial charge in [-0.05, 0) is 30.5 Å². The average molecular weight is 314 g/mol. The van der Waals surface area contributed by atoms with Crippen LogP contribution < -0.4 is 5.32 Å². The number of nitrogens with zero attached hydrogens (tertiary/aromatic N) is 3. The summed E-state index contributed by atoms with van der Waals surface area (Å²) in [5.41, 5.74) is 1.27. The molecule has 1 saturated heterocycles. The number of piperidine rings is 1. The number of likely N-dealkylation sites (tertiary alicyclic amines) is 1. The van der Waals surface area contributed by atoms with Gasteiger partial charge in [0.1, 0.15) is 11.7 Å². The molecule has 1 fully saturated rings. The van der Waals surface area contributed by atoms with Crippen molar-refractivity contribution in [2.24, 2.45) is 0 Å². The molecule has 0 saturated carbocycles. The van der Waals surface area contributed by atoms with Crippen LogP contribution in [0.15, 0.2) is 35.0 Å². The SMILES string of the molecule is Cc1nonc1NC(=O)[C@@H](c1ccccc1)N1CCCCC1=O. The zero-order valence-electron chi connectivity index (χ0n) is 12.9. The Kier molecular flexibility index (Phi) is 4.36. The molecule has 1 aliphatic heterocycles. The summed E-state index contributed by atoms with van der Waals surface area (Å²) in [6.45, 7) is 2.26. The Hall–Kier alpha value is -2.70. The third-order valence-corrected chi connectivity index (χ3v) is 3.93. The number of hydrogen-bond donors (Lipinski definition) is 1. The highest BCUT2D eigenvalue weighted by atomic mass is 16.6. The first kappa shape index (κ1) is 15.2. The van der Waals surface area contributed by atoms with Gasteiger partial charge in [-0.1, -0.05) is 35.5 Å². The maximum atomic E-state index is 12.8. The Labute approximate surface area is 133 Å². The molecule has 0 aliphatic carbocycles. The first-order valence-electron chi connectivity index (χ1n) is 7.61. The maximum Gasteiger partial charge on any atom is 0.253 e. The fraction of sp³-hybridized carbons (Fsp3) is 0.375. The number of aromatic nitrogens is 2. The Bertz CT molecular complexity index is 698. The van der Waals surface area contributed by atoms with E-state index in [4.69, 9.17) is 0 Å². The number of hydrogen-bond acceptors (Lipinski definition) is 5. The molecule has 2 heterocycles. The van der Waals surface area contributed by atoms with Gasteiger partial charge in [0.15, 0.2) is 5.82 Å². The van der Waals surface area contributed by atoms with E-state index in [2.05, 4.69) is 20.3 Å². The van der Waals surface area contributed by atoms with Gasteiger partial charge >= 0.3 is 0 Å². The summed E-state index contributed by atoms with van der Waals surface area (Å²) < 4.78 is 4.60. The second-order valence-corrected chi connectivity index (χ2v) is 5.54. The first-order valence-corrected chi connectivity index (χ1v) is 7.61. The summed E-state index contributed by atoms with van der Waals surface area (Å²) in [7, 11) is 0. The second kappa shape index (κ2) is 6.60. The highest BCUT2D eigenvalue weighted by Gasteiger charge is 2.33. The Morgan fingerprint density at radius 3 is 2.70 bits per heavy atom. The van der Waals surface area contributed by atoms with E-state index in [1.165, 1.54) is 0 Å². The van der Waals surface area contributed by atoms with Crippen molar-refractivity contribution in [3.8, 4) is 0 Å². The van der Waals surface area contributed by atoms with Gasteiger partial charge in [-0.3, -0.25) is 9.59 Å². The fourth-order valence-corrected chi connectivity index (χ4v) is 2.74. The summed E-state index contributed by atoms with van der Waals surface area (Å²) in [5.74, 6) is -0.0408. The lowest BCUT2D eigenvalue weighted by atomic mass is 10.0. The largest absolute Gasteiger partial charge is 0.327 e. The summed E-state index contributed by atoms with van der Waals surface area (Å²) in [6, 6.07) is 8.60. The maximum absolute atomic E-state index is 12.8. The molecular weight excluding hydrogens is 296 g/mol. The molecule has 3 rings (SSSR count). The lowest BCUT2D eigenvalue weighted by Gasteiger charge is -2.33. The van der Waals surface area contributed by atoms with E-state index in [-0.39, 0.29) is 17.6 Å². The number of rotatable bonds is 4. The number of aryl methyl sites for hydroxylation is 1. The van der Waals surface area contributed by atoms with Crippen LogP contribution in [0.1, 0.15) is 36.6 Å². The van der Waals surface area contributed by atoms with Crippen LogP contribution in [-0.4, -0.2) is 33.6 Å². The summed E-state index contributed by atoms with van der Waals surface area (Å²) >= 11 is 0. The van der Waals surface area contributed by atoms with Crippen molar-refractivity contribution in [3.05, 3.63) is 41.6 Å². The van der Waals surface area contributed by atoms with Crippen molar-refractivity contribution in [1.29, 1.82) is 0 Å². The highest BCUT2D eigenvalue weighted by Crippen LogP contribution is 2.27. The summed E-state index contributed by atoms with van der Waals surface area (Å²) in [4.78, 5) is 26.7. The molecule has 2 aromatic rings. The van der Waals surface area contributed by atoms with Crippen molar-refractivity contribution in [1.82, 2.24) is 15.2 Å². The molecule has 1 N–H and O–H groups in total. The third-order valence-electron chi connectivity index (χ3n) is 3.93. The van der Waals surface area contributed by atoms with Crippen molar-refractivity contribution in [3.63, 3.8) is 0 Å². The van der Waals surface area contributed by atoms with E-state index in [0.717, 1.165) is 18.4 Å². The third kappa shape index (κ3) is 3.23. The van der Waals surface area contributed by atoms with Gasteiger partial charge < -0.3 is 10.2 Å². The molecule has 7 nitrogen and oxygen atoms in total. The molecule has 1 atom stereocenters. The molecule has 0 bridgehead atoms. The van der Waals surface area contributed by atoms with Gasteiger partial charge in [0.25, 0.3) is 5.91 Å². The molecular formula is C16H18N4O3. The van der Waals surface area contributed by atoms with Crippen molar-refractivity contribution >= 4 is 17.6 Å². The predicted octanol–water partition coefficient (Wildman–Crippen LogP) is 2.07. The standard InChI is InChI=1S/C16H18N4O3/c1-11-15(19-23-18-11)17-16(22)14(12-7-3-2-4-8-12)20-10-6-5-9-13(20)21/h2-4,7-8,14H,5-6,9-10H2,1H3,(H,17,19,22)/t14-/m1/s1. The number of benzene rings is 1. The van der Waals surface area contributed by atoms with Gasteiger partial charge in [0.05, 0.1) is 0 Å². The molecule has 7 heteroatoms. The van der Waals surface area contributed by atoms with Gasteiger partial charge in [-0.15, -0.1) is 0 Å². The minimum atomic E-state index is -0.680. The van der Waals surface area contributed by atoms with Gasteiger partial charge in [-0.25, -0.2) is 4.63 Å². The monoisotopic (exact) mass is 314 g/mol. The average Bonchev–Trinajstić information content (AvgIpc) is 2.96. The molecule has 0 unspecified atom stereocenters. The quantitative estimate of drug-likeness (QED) is 0.933. The van der Waals surface area contributed by atoms with Crippen LogP contribution in [0.25, 0.3) is 0 Å². The molecule has 0 spiro atoms. The predicted molar refractivity (Wildman–Crippen MR) is 82.4 cm³/mol. The Morgan fingerprint density at radius 2 is 2.04 bits per heavy atom. The zero-order chi connectivity index (χ0) is 16.2. The number of anilines is 1. The first-order chi connectivity index (χ1) is 11.2. The van der Waals surface area contributed by atoms with Crippen molar-refractivity contribution in [2.45, 2.75) is 32.2 Å². The summed E-state index contributed by atoms with van der Waals surface area (Å²) in [6.07, 6.45) is 2.23. The lowest BCUT2D eigenvalue weighted by Crippen LogP contribution is -2.43. The normalized spacial score (nSPS) is 16.2. The second-order valence-electron chi connectivity index (χ2n) is 5.54. The number of carbonyl (C=O) groups excluding carboxylic acids is 2. The minimum absolute atomic E-state index is 0.00440. The molecule has 1 aromatic heterocycles. The van der Waals surface area contributed by atoms with Crippen molar-refractivity contribution < 1.29 is 14.2 Å². The van der Waals surface area contributed by atoms with Crippen LogP contribution in [0.2, 0.25) is 0 Å². The van der Waals surface area contributed by atoms with Gasteiger partial charge in [0.2, 0.25) is 5.91 Å². The molecule has 120 valence electrons. The van der Waals surface area contributed by atoms with Gasteiger partial charge in [0, 0.05) is 13.0 Å². The summed E-state index contributed by atoms with van der Waals surface area (Å²) in [5, 5.41) is 10.0. The highest BCUT2D eigenvalue weighted by molar-refractivity contribution is 5.97. The molecule has 23 heavy (non-hydrogen) atoms. The van der Waals surface area contributed by atoms with E-state index >= 15 is 0 Å². The molecule has 1 aliphatic rings. The fourth-order valence-electron chi connectivity index (χ4n) is 2.74. The van der Waals surface area contributed by atoms with Crippen LogP contribution in [0, 0.1) is 6.92 Å². The molecule has 2 amide bonds. The van der Waals surface area contributed by atoms with E-state index in [0.29, 0.717) is 18.7 Å². The number of amides is 2. The van der Waals surface area contributed by atoms with Crippen LogP contribution >= 0.6 is 0 Å². The Balaban J connectivity index is 1.90. The van der Waals surface area contributed by atoms with Crippen LogP contribution in [-0.2, 0) is 9.59 Å². The van der Waals surface area contributed by atoms with E-state index in [1.807, 2.05) is 30.3 Å². The number of carbonyl (C=O) groups is 2. The zero-order valence-corrected chi connectivity index (χ0v) is 12.9. The van der Waals surface area contributed by atoms with Crippen LogP contribution in [0.5, 0.6) is 0 Å². The minimum Gasteiger partial charge on any atom is -0.327 e. The van der Waals surface area contributed by atoms with Crippen LogP contribution in [0.3, 0.4) is 0 Å². The lowest BCUT2D eigenvalue weighted by molar-refractivity contribution is -0.141. The smallest absolute Gasteiger partial charge is 0.253 e. The molecule has 0 radical (unpaired) electrons. The van der Waals surface area contributed by atoms with E-state index in [1.54, 1.807) is 11.8 Å². The van der Waals surface area contributed by atoms with E-state index < -0.39 is 6.04 Å². The van der Waals surface area contributed by atoms with Gasteiger partial charge in [-0.2, -0.15) is 0 Å². The number of nitrogens with one attached hydrogen (secondary N) is 1. The van der Waals surface area contributed by atoms with Crippen molar-refractivity contribution in [2.75, 3.05) is 11.9 Å². The topological polar surface area (TPSA) is 88.3 Å². The molecule has 1 aromatic carbocycles.